The summed E-state index contributed by atoms with van der Waals surface area (Å²) in [5, 5.41) is 72.9. The van der Waals surface area contributed by atoms with Crippen LogP contribution in [0.5, 0.6) is 51.7 Å². The topological polar surface area (TPSA) is 169 Å². The van der Waals surface area contributed by atoms with Crippen LogP contribution in [0, 0.1) is 0 Å². The van der Waals surface area contributed by atoms with Gasteiger partial charge in [0.2, 0.25) is 0 Å². The molecule has 3 aliphatic rings. The van der Waals surface area contributed by atoms with Gasteiger partial charge in [0.15, 0.2) is 17.6 Å². The first kappa shape index (κ1) is 23.7. The molecule has 0 unspecified atom stereocenters. The Morgan fingerprint density at radius 3 is 2.12 bits per heavy atom. The molecule has 3 atom stereocenters. The Morgan fingerprint density at radius 1 is 0.625 bits per heavy atom. The minimum Gasteiger partial charge on any atom is -0.508 e. The zero-order valence-electron chi connectivity index (χ0n) is 20.6. The molecule has 0 aromatic heterocycles. The number of hydrogen-bond donors (Lipinski definition) is 7. The van der Waals surface area contributed by atoms with Crippen molar-refractivity contribution in [3.05, 3.63) is 94.2 Å². The maximum Gasteiger partial charge on any atom is 0.180 e. The van der Waals surface area contributed by atoms with Crippen LogP contribution in [0.3, 0.4) is 0 Å². The molecule has 0 amide bonds. The van der Waals surface area contributed by atoms with Gasteiger partial charge in [0.25, 0.3) is 0 Å². The zero-order valence-corrected chi connectivity index (χ0v) is 20.6. The van der Waals surface area contributed by atoms with Crippen LogP contribution < -0.4 is 14.2 Å². The van der Waals surface area contributed by atoms with Crippen LogP contribution in [-0.4, -0.2) is 42.4 Å². The van der Waals surface area contributed by atoms with Gasteiger partial charge in [-0.05, 0) is 35.9 Å². The molecule has 0 saturated heterocycles. The van der Waals surface area contributed by atoms with Crippen molar-refractivity contribution in [2.45, 2.75) is 17.6 Å². The lowest BCUT2D eigenvalue weighted by Crippen LogP contribution is -2.35. The Kier molecular flexibility index (Phi) is 4.78. The number of phenolic OH excluding ortho intramolecular Hbond substituents is 6. The third-order valence-electron chi connectivity index (χ3n) is 7.66. The second kappa shape index (κ2) is 8.06. The van der Waals surface area contributed by atoms with Gasteiger partial charge in [-0.2, -0.15) is 0 Å². The summed E-state index contributed by atoms with van der Waals surface area (Å²) in [6.07, 6.45) is -0.604. The Hall–Kier alpha value is -5.38. The summed E-state index contributed by atoms with van der Waals surface area (Å²) in [6.45, 7) is -0.0428. The van der Waals surface area contributed by atoms with E-state index >= 15 is 0 Å². The SMILES string of the molecule is OC1=Cc2c(O)cc3c(c2O[C@@H]1c1ccc(O)c(O)c1)[C@]1(CO3)c2c(O)cc(O)cc2O[C@@H]1c1ccc(O)cc1. The molecule has 7 N–H and O–H groups in total. The van der Waals surface area contributed by atoms with Crippen molar-refractivity contribution in [1.29, 1.82) is 0 Å². The number of aromatic hydroxyl groups is 6. The fourth-order valence-electron chi connectivity index (χ4n) is 5.94. The lowest BCUT2D eigenvalue weighted by molar-refractivity contribution is 0.138. The monoisotopic (exact) mass is 542 g/mol. The van der Waals surface area contributed by atoms with E-state index in [1.165, 1.54) is 54.6 Å². The molecule has 3 heterocycles. The lowest BCUT2D eigenvalue weighted by atomic mass is 9.69. The summed E-state index contributed by atoms with van der Waals surface area (Å²) >= 11 is 0. The van der Waals surface area contributed by atoms with E-state index in [1.54, 1.807) is 12.1 Å². The summed E-state index contributed by atoms with van der Waals surface area (Å²) in [5.41, 5.74) is 0.619. The number of phenols is 6. The van der Waals surface area contributed by atoms with Gasteiger partial charge in [-0.15, -0.1) is 0 Å². The van der Waals surface area contributed by atoms with Crippen molar-refractivity contribution < 1.29 is 50.0 Å². The predicted molar refractivity (Wildman–Crippen MR) is 139 cm³/mol. The van der Waals surface area contributed by atoms with E-state index in [1.807, 2.05) is 0 Å². The van der Waals surface area contributed by atoms with Crippen LogP contribution in [0.15, 0.2) is 66.4 Å². The first-order valence-electron chi connectivity index (χ1n) is 12.3. The molecule has 40 heavy (non-hydrogen) atoms. The Bertz CT molecular complexity index is 1740. The first-order valence-corrected chi connectivity index (χ1v) is 12.3. The number of benzene rings is 4. The van der Waals surface area contributed by atoms with Crippen LogP contribution in [0.1, 0.15) is 40.0 Å². The van der Waals surface area contributed by atoms with E-state index < -0.39 is 23.4 Å². The fourth-order valence-corrected chi connectivity index (χ4v) is 5.94. The van der Waals surface area contributed by atoms with Gasteiger partial charge in [-0.1, -0.05) is 18.2 Å². The standard InChI is InChI=1S/C30H22O10/c31-15-4-1-13(2-5-15)29-30(25-21(36)8-16(32)9-24(25)39-29)12-38-23-11-19(34)17-10-22(37)27(40-28(17)26(23)30)14-3-6-18(33)20(35)7-14/h1-11,27,29,31-37H,12H2/t27-,29-,30+/m1/s1. The summed E-state index contributed by atoms with van der Waals surface area (Å²) in [6, 6.07) is 14.3. The molecule has 0 fully saturated rings. The maximum atomic E-state index is 11.1. The minimum atomic E-state index is -1.25. The summed E-state index contributed by atoms with van der Waals surface area (Å²) in [4.78, 5) is 0. The van der Waals surface area contributed by atoms with Gasteiger partial charge in [0, 0.05) is 23.8 Å². The van der Waals surface area contributed by atoms with Crippen molar-refractivity contribution in [3.8, 4) is 51.7 Å². The molecule has 0 bridgehead atoms. The van der Waals surface area contributed by atoms with Gasteiger partial charge >= 0.3 is 0 Å². The highest BCUT2D eigenvalue weighted by Crippen LogP contribution is 2.65. The molecular formula is C30H22O10. The number of aliphatic hydroxyl groups is 1. The maximum absolute atomic E-state index is 11.1. The molecule has 0 aliphatic carbocycles. The third kappa shape index (κ3) is 3.16. The highest BCUT2D eigenvalue weighted by molar-refractivity contribution is 5.78. The Morgan fingerprint density at radius 2 is 1.38 bits per heavy atom. The van der Waals surface area contributed by atoms with E-state index in [9.17, 15) is 35.7 Å². The molecule has 4 aromatic rings. The van der Waals surface area contributed by atoms with Gasteiger partial charge in [-0.25, -0.2) is 0 Å². The quantitative estimate of drug-likeness (QED) is 0.175. The van der Waals surface area contributed by atoms with Crippen LogP contribution in [0.4, 0.5) is 0 Å². The number of rotatable bonds is 2. The van der Waals surface area contributed by atoms with Crippen molar-refractivity contribution in [2.24, 2.45) is 0 Å². The van der Waals surface area contributed by atoms with Gasteiger partial charge in [-0.3, -0.25) is 0 Å². The summed E-state index contributed by atoms with van der Waals surface area (Å²) in [5.74, 6) is -1.02. The van der Waals surface area contributed by atoms with E-state index in [2.05, 4.69) is 0 Å². The summed E-state index contributed by atoms with van der Waals surface area (Å²) < 4.78 is 18.8. The third-order valence-corrected chi connectivity index (χ3v) is 7.66. The highest BCUT2D eigenvalue weighted by atomic mass is 16.5. The van der Waals surface area contributed by atoms with E-state index in [0.29, 0.717) is 22.3 Å². The number of hydrogen-bond acceptors (Lipinski definition) is 10. The largest absolute Gasteiger partial charge is 0.508 e. The number of ether oxygens (including phenoxy) is 3. The smallest absolute Gasteiger partial charge is 0.180 e. The molecule has 10 heteroatoms. The second-order valence-electron chi connectivity index (χ2n) is 10.0. The average molecular weight is 542 g/mol. The molecule has 10 nitrogen and oxygen atoms in total. The zero-order chi connectivity index (χ0) is 27.9. The number of aliphatic hydroxyl groups excluding tert-OH is 1. The van der Waals surface area contributed by atoms with Crippen molar-refractivity contribution in [2.75, 3.05) is 6.61 Å². The summed E-state index contributed by atoms with van der Waals surface area (Å²) in [7, 11) is 0. The highest BCUT2D eigenvalue weighted by Gasteiger charge is 2.60. The molecule has 0 radical (unpaired) electrons. The number of fused-ring (bicyclic) bond motifs is 6. The van der Waals surface area contributed by atoms with Crippen LogP contribution >= 0.6 is 0 Å². The van der Waals surface area contributed by atoms with Crippen LogP contribution in [0.2, 0.25) is 0 Å². The second-order valence-corrected chi connectivity index (χ2v) is 10.0. The van der Waals surface area contributed by atoms with Crippen molar-refractivity contribution in [1.82, 2.24) is 0 Å². The van der Waals surface area contributed by atoms with Gasteiger partial charge in [0.05, 0.1) is 16.7 Å². The Labute approximate surface area is 226 Å². The Balaban J connectivity index is 1.49. The molecule has 0 saturated carbocycles. The fraction of sp³-hybridized carbons (Fsp3) is 0.133. The van der Waals surface area contributed by atoms with E-state index in [0.717, 1.165) is 0 Å². The van der Waals surface area contributed by atoms with E-state index in [-0.39, 0.29) is 63.9 Å². The van der Waals surface area contributed by atoms with Gasteiger partial charge < -0.3 is 50.0 Å². The minimum absolute atomic E-state index is 0.0428. The molecular weight excluding hydrogens is 520 g/mol. The van der Waals surface area contributed by atoms with E-state index in [4.69, 9.17) is 14.2 Å². The molecule has 1 spiro atoms. The normalized spacial score (nSPS) is 21.9. The van der Waals surface area contributed by atoms with Gasteiger partial charge in [0.1, 0.15) is 64.1 Å². The molecule has 3 aliphatic heterocycles. The lowest BCUT2D eigenvalue weighted by Gasteiger charge is -2.33. The predicted octanol–water partition coefficient (Wildman–Crippen LogP) is 4.77. The van der Waals surface area contributed by atoms with Crippen LogP contribution in [-0.2, 0) is 5.41 Å². The first-order chi connectivity index (χ1) is 19.2. The average Bonchev–Trinajstić information content (AvgIpc) is 3.44. The van der Waals surface area contributed by atoms with Crippen molar-refractivity contribution >= 4 is 6.08 Å². The molecule has 7 rings (SSSR count). The molecule has 4 aromatic carbocycles. The molecule has 202 valence electrons. The van der Waals surface area contributed by atoms with Crippen LogP contribution in [0.25, 0.3) is 6.08 Å². The van der Waals surface area contributed by atoms with Crippen molar-refractivity contribution in [3.63, 3.8) is 0 Å².